The highest BCUT2D eigenvalue weighted by Gasteiger charge is 2.12. The topological polar surface area (TPSA) is 24.1 Å². The molecule has 0 aliphatic carbocycles. The zero-order chi connectivity index (χ0) is 11.5. The molecule has 0 fully saturated rings. The van der Waals surface area contributed by atoms with Crippen molar-refractivity contribution < 1.29 is 0 Å². The van der Waals surface area contributed by atoms with Gasteiger partial charge in [0.2, 0.25) is 0 Å². The summed E-state index contributed by atoms with van der Waals surface area (Å²) < 4.78 is 0. The van der Waals surface area contributed by atoms with Crippen LogP contribution in [0, 0.1) is 0 Å². The lowest BCUT2D eigenvalue weighted by Crippen LogP contribution is -2.03. The molecule has 0 spiro atoms. The fraction of sp³-hybridized carbons (Fsp3) is 0.200. The van der Waals surface area contributed by atoms with E-state index in [4.69, 9.17) is 0 Å². The molecule has 3 rings (SSSR count). The van der Waals surface area contributed by atoms with Crippen molar-refractivity contribution in [1.82, 2.24) is 5.32 Å². The number of fused-ring (bicyclic) bond motifs is 1. The first-order valence-corrected chi connectivity index (χ1v) is 6.03. The van der Waals surface area contributed by atoms with E-state index in [1.807, 2.05) is 6.07 Å². The van der Waals surface area contributed by atoms with Gasteiger partial charge in [0.1, 0.15) is 0 Å². The third kappa shape index (κ3) is 2.66. The van der Waals surface area contributed by atoms with Crippen LogP contribution in [0.4, 0.5) is 5.69 Å². The van der Waals surface area contributed by atoms with Gasteiger partial charge in [-0.05, 0) is 22.8 Å². The van der Waals surface area contributed by atoms with Gasteiger partial charge >= 0.3 is 0 Å². The largest absolute Gasteiger partial charge is 0.381 e. The van der Waals surface area contributed by atoms with Gasteiger partial charge in [-0.15, -0.1) is 12.4 Å². The predicted octanol–water partition coefficient (Wildman–Crippen LogP) is 3.32. The molecular weight excluding hydrogens is 244 g/mol. The van der Waals surface area contributed by atoms with E-state index in [1.54, 1.807) is 0 Å². The Balaban J connectivity index is 0.00000120. The van der Waals surface area contributed by atoms with Crippen LogP contribution in [0.2, 0.25) is 0 Å². The Morgan fingerprint density at radius 1 is 0.944 bits per heavy atom. The number of halogens is 1. The molecule has 0 unspecified atom stereocenters. The fourth-order valence-corrected chi connectivity index (χ4v) is 2.29. The number of hydrogen-bond donors (Lipinski definition) is 2. The molecule has 0 bridgehead atoms. The zero-order valence-corrected chi connectivity index (χ0v) is 11.0. The standard InChI is InChI=1S/C15H16N2.ClH/c1-2-5-12(6-3-1)9-17-15-8-4-7-13-10-16-11-14(13)15;/h1-8,16-17H,9-11H2;1H. The van der Waals surface area contributed by atoms with Gasteiger partial charge in [0.15, 0.2) is 0 Å². The summed E-state index contributed by atoms with van der Waals surface area (Å²) in [4.78, 5) is 0. The van der Waals surface area contributed by atoms with E-state index in [0.29, 0.717) is 0 Å². The molecule has 18 heavy (non-hydrogen) atoms. The highest BCUT2D eigenvalue weighted by molar-refractivity contribution is 5.85. The summed E-state index contributed by atoms with van der Waals surface area (Å²) in [7, 11) is 0. The zero-order valence-electron chi connectivity index (χ0n) is 10.1. The van der Waals surface area contributed by atoms with Crippen molar-refractivity contribution in [1.29, 1.82) is 0 Å². The molecular formula is C15H17ClN2. The molecule has 2 nitrogen and oxygen atoms in total. The lowest BCUT2D eigenvalue weighted by molar-refractivity contribution is 0.765. The maximum absolute atomic E-state index is 3.52. The van der Waals surface area contributed by atoms with E-state index in [0.717, 1.165) is 19.6 Å². The molecule has 2 aromatic carbocycles. The van der Waals surface area contributed by atoms with Crippen LogP contribution in [-0.2, 0) is 19.6 Å². The van der Waals surface area contributed by atoms with Crippen molar-refractivity contribution >= 4 is 18.1 Å². The second-order valence-electron chi connectivity index (χ2n) is 4.39. The number of nitrogens with one attached hydrogen (secondary N) is 2. The highest BCUT2D eigenvalue weighted by Crippen LogP contribution is 2.24. The van der Waals surface area contributed by atoms with Gasteiger partial charge in [-0.3, -0.25) is 0 Å². The molecule has 0 saturated carbocycles. The van der Waals surface area contributed by atoms with Gasteiger partial charge in [-0.25, -0.2) is 0 Å². The molecule has 0 saturated heterocycles. The Bertz CT molecular complexity index is 511. The second-order valence-corrected chi connectivity index (χ2v) is 4.39. The van der Waals surface area contributed by atoms with Crippen molar-refractivity contribution in [2.24, 2.45) is 0 Å². The first-order chi connectivity index (χ1) is 8.43. The van der Waals surface area contributed by atoms with Crippen LogP contribution in [-0.4, -0.2) is 0 Å². The third-order valence-electron chi connectivity index (χ3n) is 3.22. The molecule has 1 heterocycles. The second kappa shape index (κ2) is 5.89. The first kappa shape index (κ1) is 12.9. The number of anilines is 1. The molecule has 2 N–H and O–H groups in total. The molecule has 0 radical (unpaired) electrons. The summed E-state index contributed by atoms with van der Waals surface area (Å²) in [6, 6.07) is 17.0. The smallest absolute Gasteiger partial charge is 0.0400 e. The molecule has 1 aliphatic heterocycles. The van der Waals surface area contributed by atoms with Gasteiger partial charge in [-0.1, -0.05) is 42.5 Å². The van der Waals surface area contributed by atoms with E-state index >= 15 is 0 Å². The molecule has 2 aromatic rings. The maximum Gasteiger partial charge on any atom is 0.0400 e. The monoisotopic (exact) mass is 260 g/mol. The Labute approximate surface area is 114 Å². The lowest BCUT2D eigenvalue weighted by atomic mass is 10.1. The molecule has 0 atom stereocenters. The molecule has 94 valence electrons. The Morgan fingerprint density at radius 2 is 1.78 bits per heavy atom. The average molecular weight is 261 g/mol. The van der Waals surface area contributed by atoms with Crippen LogP contribution < -0.4 is 10.6 Å². The van der Waals surface area contributed by atoms with Crippen molar-refractivity contribution in [3.8, 4) is 0 Å². The summed E-state index contributed by atoms with van der Waals surface area (Å²) in [6.45, 7) is 2.86. The Hall–Kier alpha value is -1.51. The lowest BCUT2D eigenvalue weighted by Gasteiger charge is -2.10. The maximum atomic E-state index is 3.52. The van der Waals surface area contributed by atoms with Crippen LogP contribution in [0.1, 0.15) is 16.7 Å². The molecule has 0 amide bonds. The van der Waals surface area contributed by atoms with E-state index in [1.165, 1.54) is 22.4 Å². The average Bonchev–Trinajstić information content (AvgIpc) is 2.86. The minimum atomic E-state index is 0. The van der Waals surface area contributed by atoms with Gasteiger partial charge in [-0.2, -0.15) is 0 Å². The van der Waals surface area contributed by atoms with Crippen molar-refractivity contribution in [2.75, 3.05) is 5.32 Å². The van der Waals surface area contributed by atoms with Gasteiger partial charge in [0.05, 0.1) is 0 Å². The summed E-state index contributed by atoms with van der Waals surface area (Å²) >= 11 is 0. The van der Waals surface area contributed by atoms with Crippen LogP contribution in [0.5, 0.6) is 0 Å². The van der Waals surface area contributed by atoms with E-state index < -0.39 is 0 Å². The SMILES string of the molecule is Cl.c1ccc(CNc2cccc3c2CNC3)cc1. The summed E-state index contributed by atoms with van der Waals surface area (Å²) in [5, 5.41) is 6.91. The van der Waals surface area contributed by atoms with Crippen molar-refractivity contribution in [2.45, 2.75) is 19.6 Å². The van der Waals surface area contributed by atoms with Gasteiger partial charge in [0, 0.05) is 25.3 Å². The van der Waals surface area contributed by atoms with Gasteiger partial charge < -0.3 is 10.6 Å². The van der Waals surface area contributed by atoms with Crippen molar-refractivity contribution in [3.63, 3.8) is 0 Å². The quantitative estimate of drug-likeness (QED) is 0.885. The minimum Gasteiger partial charge on any atom is -0.381 e. The number of hydrogen-bond acceptors (Lipinski definition) is 2. The van der Waals surface area contributed by atoms with Crippen LogP contribution >= 0.6 is 12.4 Å². The summed E-state index contributed by atoms with van der Waals surface area (Å²) in [5.74, 6) is 0. The molecule has 3 heteroatoms. The highest BCUT2D eigenvalue weighted by atomic mass is 35.5. The van der Waals surface area contributed by atoms with Gasteiger partial charge in [0.25, 0.3) is 0 Å². The molecule has 0 aromatic heterocycles. The van der Waals surface area contributed by atoms with E-state index in [9.17, 15) is 0 Å². The Morgan fingerprint density at radius 3 is 2.61 bits per heavy atom. The van der Waals surface area contributed by atoms with Crippen LogP contribution in [0.3, 0.4) is 0 Å². The van der Waals surface area contributed by atoms with Crippen LogP contribution in [0.25, 0.3) is 0 Å². The fourth-order valence-electron chi connectivity index (χ4n) is 2.29. The van der Waals surface area contributed by atoms with Crippen LogP contribution in [0.15, 0.2) is 48.5 Å². The first-order valence-electron chi connectivity index (χ1n) is 6.03. The minimum absolute atomic E-state index is 0. The van der Waals surface area contributed by atoms with Crippen molar-refractivity contribution in [3.05, 3.63) is 65.2 Å². The predicted molar refractivity (Wildman–Crippen MR) is 78.0 cm³/mol. The van der Waals surface area contributed by atoms with E-state index in [-0.39, 0.29) is 12.4 Å². The molecule has 1 aliphatic rings. The summed E-state index contributed by atoms with van der Waals surface area (Å²) in [5.41, 5.74) is 5.42. The van der Waals surface area contributed by atoms with E-state index in [2.05, 4.69) is 53.1 Å². The summed E-state index contributed by atoms with van der Waals surface area (Å²) in [6.07, 6.45) is 0. The number of rotatable bonds is 3. The third-order valence-corrected chi connectivity index (χ3v) is 3.22. The number of benzene rings is 2. The Kier molecular flexibility index (Phi) is 4.24. The normalized spacial score (nSPS) is 12.7.